The van der Waals surface area contributed by atoms with E-state index in [0.717, 1.165) is 43.0 Å². The standard InChI is InChI=1S/C13H16N4O5/c18-13(9-15-6-2-1-3-7-15)14-11-5-4-10(16(19)20)8-12(11)17(21)22/h4-5,8H,1-3,6-7,9H2,(H,14,18)/p+1. The van der Waals surface area contributed by atoms with Crippen molar-refractivity contribution in [1.29, 1.82) is 0 Å². The quantitative estimate of drug-likeness (QED) is 0.606. The predicted octanol–water partition coefficient (Wildman–Crippen LogP) is 0.510. The molecule has 0 unspecified atom stereocenters. The summed E-state index contributed by atoms with van der Waals surface area (Å²) in [4.78, 5) is 33.3. The summed E-state index contributed by atoms with van der Waals surface area (Å²) >= 11 is 0. The minimum absolute atomic E-state index is 0.0167. The first kappa shape index (κ1) is 15.8. The first-order valence-electron chi connectivity index (χ1n) is 7.03. The molecule has 0 aromatic heterocycles. The lowest BCUT2D eigenvalue weighted by atomic mass is 10.1. The number of anilines is 1. The highest BCUT2D eigenvalue weighted by molar-refractivity contribution is 5.94. The zero-order valence-corrected chi connectivity index (χ0v) is 11.9. The Bertz CT molecular complexity index is 598. The molecule has 1 amide bonds. The number of piperidine rings is 1. The van der Waals surface area contributed by atoms with Crippen LogP contribution in [0.25, 0.3) is 0 Å². The Morgan fingerprint density at radius 3 is 2.41 bits per heavy atom. The van der Waals surface area contributed by atoms with Gasteiger partial charge in [-0.05, 0) is 25.3 Å². The maximum Gasteiger partial charge on any atom is 0.299 e. The topological polar surface area (TPSA) is 120 Å². The number of nitro benzene ring substituents is 2. The SMILES string of the molecule is O=C(C[NH+]1CCCCC1)Nc1ccc([N+](=O)[O-])cc1[N+](=O)[O-]. The fraction of sp³-hybridized carbons (Fsp3) is 0.462. The number of carbonyl (C=O) groups excluding carboxylic acids is 1. The molecule has 1 aromatic rings. The lowest BCUT2D eigenvalue weighted by molar-refractivity contribution is -0.896. The molecule has 1 heterocycles. The van der Waals surface area contributed by atoms with Crippen molar-refractivity contribution in [3.8, 4) is 0 Å². The first-order valence-corrected chi connectivity index (χ1v) is 7.03. The third kappa shape index (κ3) is 3.98. The average Bonchev–Trinajstić information content (AvgIpc) is 2.48. The van der Waals surface area contributed by atoms with Crippen molar-refractivity contribution in [2.24, 2.45) is 0 Å². The fourth-order valence-electron chi connectivity index (χ4n) is 2.54. The number of benzene rings is 1. The van der Waals surface area contributed by atoms with E-state index < -0.39 is 15.5 Å². The number of hydrogen-bond donors (Lipinski definition) is 2. The van der Waals surface area contributed by atoms with Crippen molar-refractivity contribution in [2.45, 2.75) is 19.3 Å². The van der Waals surface area contributed by atoms with E-state index in [1.54, 1.807) is 0 Å². The third-order valence-electron chi connectivity index (χ3n) is 3.63. The summed E-state index contributed by atoms with van der Waals surface area (Å²) in [5, 5.41) is 24.1. The van der Waals surface area contributed by atoms with E-state index >= 15 is 0 Å². The molecule has 22 heavy (non-hydrogen) atoms. The van der Waals surface area contributed by atoms with Crippen LogP contribution >= 0.6 is 0 Å². The van der Waals surface area contributed by atoms with E-state index in [0.29, 0.717) is 0 Å². The van der Waals surface area contributed by atoms with E-state index in [-0.39, 0.29) is 23.8 Å². The van der Waals surface area contributed by atoms with Gasteiger partial charge in [0.05, 0.1) is 29.0 Å². The largest absolute Gasteiger partial charge is 0.327 e. The van der Waals surface area contributed by atoms with E-state index in [2.05, 4.69) is 5.32 Å². The van der Waals surface area contributed by atoms with Crippen molar-refractivity contribution in [1.82, 2.24) is 0 Å². The Kier molecular flexibility index (Phi) is 4.99. The second kappa shape index (κ2) is 6.94. The Morgan fingerprint density at radius 1 is 1.14 bits per heavy atom. The van der Waals surface area contributed by atoms with Crippen molar-refractivity contribution in [3.05, 3.63) is 38.4 Å². The van der Waals surface area contributed by atoms with Gasteiger partial charge in [-0.15, -0.1) is 0 Å². The Hall–Kier alpha value is -2.55. The highest BCUT2D eigenvalue weighted by Crippen LogP contribution is 2.28. The average molecular weight is 309 g/mol. The second-order valence-corrected chi connectivity index (χ2v) is 5.25. The minimum Gasteiger partial charge on any atom is -0.327 e. The number of non-ortho nitro benzene ring substituents is 1. The molecule has 2 rings (SSSR count). The van der Waals surface area contributed by atoms with Gasteiger partial charge in [0.2, 0.25) is 0 Å². The van der Waals surface area contributed by atoms with Gasteiger partial charge < -0.3 is 10.2 Å². The van der Waals surface area contributed by atoms with Crippen LogP contribution in [0.15, 0.2) is 18.2 Å². The summed E-state index contributed by atoms with van der Waals surface area (Å²) in [6.07, 6.45) is 3.31. The molecule has 1 aromatic carbocycles. The van der Waals surface area contributed by atoms with Crippen LogP contribution in [0, 0.1) is 20.2 Å². The zero-order chi connectivity index (χ0) is 16.1. The number of rotatable bonds is 5. The highest BCUT2D eigenvalue weighted by Gasteiger charge is 2.23. The summed E-state index contributed by atoms with van der Waals surface area (Å²) in [5.74, 6) is -0.325. The van der Waals surface area contributed by atoms with Crippen LogP contribution in [0.2, 0.25) is 0 Å². The molecule has 9 nitrogen and oxygen atoms in total. The van der Waals surface area contributed by atoms with Crippen LogP contribution in [-0.4, -0.2) is 35.4 Å². The van der Waals surface area contributed by atoms with Gasteiger partial charge in [-0.25, -0.2) is 0 Å². The molecule has 0 atom stereocenters. The molecule has 9 heteroatoms. The van der Waals surface area contributed by atoms with Crippen LogP contribution in [0.4, 0.5) is 17.1 Å². The van der Waals surface area contributed by atoms with E-state index in [1.807, 2.05) is 0 Å². The van der Waals surface area contributed by atoms with Gasteiger partial charge in [-0.1, -0.05) is 0 Å². The van der Waals surface area contributed by atoms with Gasteiger partial charge in [0.1, 0.15) is 5.69 Å². The van der Waals surface area contributed by atoms with E-state index in [4.69, 9.17) is 0 Å². The molecular formula is C13H17N4O5+. The van der Waals surface area contributed by atoms with Crippen LogP contribution in [0.5, 0.6) is 0 Å². The van der Waals surface area contributed by atoms with E-state index in [9.17, 15) is 25.0 Å². The number of quaternary nitrogens is 1. The molecular weight excluding hydrogens is 292 g/mol. The molecule has 0 aliphatic carbocycles. The third-order valence-corrected chi connectivity index (χ3v) is 3.63. The number of nitro groups is 2. The van der Waals surface area contributed by atoms with Crippen LogP contribution in [0.3, 0.4) is 0 Å². The molecule has 2 N–H and O–H groups in total. The molecule has 1 saturated heterocycles. The summed E-state index contributed by atoms with van der Waals surface area (Å²) in [7, 11) is 0. The predicted molar refractivity (Wildman–Crippen MR) is 77.8 cm³/mol. The number of nitrogens with zero attached hydrogens (tertiary/aromatic N) is 2. The lowest BCUT2D eigenvalue weighted by Crippen LogP contribution is -3.13. The Balaban J connectivity index is 2.09. The van der Waals surface area contributed by atoms with Gasteiger partial charge in [0.25, 0.3) is 17.3 Å². The summed E-state index contributed by atoms with van der Waals surface area (Å²) in [6.45, 7) is 2.07. The smallest absolute Gasteiger partial charge is 0.299 e. The molecule has 0 spiro atoms. The summed E-state index contributed by atoms with van der Waals surface area (Å²) in [5.41, 5.74) is -0.875. The number of amides is 1. The maximum atomic E-state index is 12.0. The fourth-order valence-corrected chi connectivity index (χ4v) is 2.54. The Morgan fingerprint density at radius 2 is 1.82 bits per heavy atom. The summed E-state index contributed by atoms with van der Waals surface area (Å²) < 4.78 is 0. The second-order valence-electron chi connectivity index (χ2n) is 5.25. The van der Waals surface area contributed by atoms with Gasteiger partial charge in [0.15, 0.2) is 6.54 Å². The number of carbonyl (C=O) groups is 1. The van der Waals surface area contributed by atoms with Crippen molar-refractivity contribution >= 4 is 23.0 Å². The molecule has 1 fully saturated rings. The van der Waals surface area contributed by atoms with Crippen LogP contribution in [-0.2, 0) is 4.79 Å². The first-order chi connectivity index (χ1) is 10.5. The highest BCUT2D eigenvalue weighted by atomic mass is 16.6. The normalized spacial score (nSPS) is 15.3. The van der Waals surface area contributed by atoms with Gasteiger partial charge in [-0.2, -0.15) is 0 Å². The minimum atomic E-state index is -0.740. The van der Waals surface area contributed by atoms with Gasteiger partial charge in [-0.3, -0.25) is 25.0 Å². The maximum absolute atomic E-state index is 12.0. The van der Waals surface area contributed by atoms with Crippen LogP contribution < -0.4 is 10.2 Å². The van der Waals surface area contributed by atoms with Gasteiger partial charge in [0, 0.05) is 6.07 Å². The molecule has 1 aliphatic rings. The van der Waals surface area contributed by atoms with E-state index in [1.165, 1.54) is 12.5 Å². The van der Waals surface area contributed by atoms with Gasteiger partial charge >= 0.3 is 0 Å². The van der Waals surface area contributed by atoms with Crippen molar-refractivity contribution in [3.63, 3.8) is 0 Å². The number of hydrogen-bond acceptors (Lipinski definition) is 5. The van der Waals surface area contributed by atoms with Crippen molar-refractivity contribution in [2.75, 3.05) is 25.0 Å². The lowest BCUT2D eigenvalue weighted by Gasteiger charge is -2.22. The molecule has 0 bridgehead atoms. The molecule has 0 radical (unpaired) electrons. The Labute approximate surface area is 126 Å². The molecule has 0 saturated carbocycles. The van der Waals surface area contributed by atoms with Crippen LogP contribution in [0.1, 0.15) is 19.3 Å². The monoisotopic (exact) mass is 309 g/mol. The number of nitrogens with one attached hydrogen (secondary N) is 2. The molecule has 118 valence electrons. The molecule has 1 aliphatic heterocycles. The zero-order valence-electron chi connectivity index (χ0n) is 11.9. The summed E-state index contributed by atoms with van der Waals surface area (Å²) in [6, 6.07) is 3.18. The number of likely N-dealkylation sites (tertiary alicyclic amines) is 1. The van der Waals surface area contributed by atoms with Crippen molar-refractivity contribution < 1.29 is 19.5 Å².